The number of hydrogen-bond donors (Lipinski definition) is 1. The van der Waals surface area contributed by atoms with Gasteiger partial charge in [0, 0.05) is 18.0 Å². The van der Waals surface area contributed by atoms with Gasteiger partial charge in [0.25, 0.3) is 0 Å². The molecule has 0 bridgehead atoms. The Kier molecular flexibility index (Phi) is 3.85. The van der Waals surface area contributed by atoms with Gasteiger partial charge >= 0.3 is 0 Å². The minimum Gasteiger partial charge on any atom is -0.383 e. The van der Waals surface area contributed by atoms with E-state index in [4.69, 9.17) is 23.3 Å². The molecule has 0 unspecified atom stereocenters. The van der Waals surface area contributed by atoms with Crippen LogP contribution in [0.4, 0.5) is 5.69 Å². The van der Waals surface area contributed by atoms with Gasteiger partial charge in [-0.05, 0) is 18.2 Å². The third kappa shape index (κ3) is 2.69. The Morgan fingerprint density at radius 3 is 2.93 bits per heavy atom. The highest BCUT2D eigenvalue weighted by molar-refractivity contribution is 6.30. The minimum atomic E-state index is 0.575. The molecule has 0 aliphatic rings. The molecular weight excluding hydrogens is 196 g/mol. The van der Waals surface area contributed by atoms with Gasteiger partial charge < -0.3 is 5.32 Å². The van der Waals surface area contributed by atoms with Gasteiger partial charge in [-0.1, -0.05) is 11.6 Å². The lowest BCUT2D eigenvalue weighted by Crippen LogP contribution is -2.02. The number of nitrogens with one attached hydrogen (secondary N) is 1. The monoisotopic (exact) mass is 204 g/mol. The van der Waals surface area contributed by atoms with Gasteiger partial charge in [-0.2, -0.15) is 5.26 Å². The predicted molar refractivity (Wildman–Crippen MR) is 58.1 cm³/mol. The molecule has 0 heterocycles. The molecule has 0 atom stereocenters. The molecule has 70 valence electrons. The second kappa shape index (κ2) is 5.17. The van der Waals surface area contributed by atoms with Crippen LogP contribution in [0.3, 0.4) is 0 Å². The van der Waals surface area contributed by atoms with Crippen molar-refractivity contribution in [2.45, 2.75) is 6.42 Å². The number of rotatable bonds is 3. The summed E-state index contributed by atoms with van der Waals surface area (Å²) in [5.74, 6) is 2.51. The van der Waals surface area contributed by atoms with E-state index in [-0.39, 0.29) is 0 Å². The smallest absolute Gasteiger partial charge is 0.101 e. The largest absolute Gasteiger partial charge is 0.383 e. The van der Waals surface area contributed by atoms with Crippen LogP contribution in [-0.4, -0.2) is 6.54 Å². The maximum Gasteiger partial charge on any atom is 0.101 e. The first kappa shape index (κ1) is 10.4. The van der Waals surface area contributed by atoms with Crippen molar-refractivity contribution in [3.63, 3.8) is 0 Å². The molecule has 2 nitrogen and oxygen atoms in total. The summed E-state index contributed by atoms with van der Waals surface area (Å²) in [6.45, 7) is 0.644. The van der Waals surface area contributed by atoms with E-state index in [1.807, 2.05) is 0 Å². The Morgan fingerprint density at radius 2 is 2.29 bits per heavy atom. The van der Waals surface area contributed by atoms with Crippen molar-refractivity contribution in [1.82, 2.24) is 0 Å². The van der Waals surface area contributed by atoms with Crippen LogP contribution in [-0.2, 0) is 0 Å². The molecule has 14 heavy (non-hydrogen) atoms. The van der Waals surface area contributed by atoms with E-state index in [0.29, 0.717) is 23.6 Å². The Morgan fingerprint density at radius 1 is 1.50 bits per heavy atom. The van der Waals surface area contributed by atoms with Gasteiger partial charge in [0.2, 0.25) is 0 Å². The van der Waals surface area contributed by atoms with Crippen molar-refractivity contribution in [3.05, 3.63) is 28.8 Å². The molecule has 3 heteroatoms. The second-order valence-corrected chi connectivity index (χ2v) is 3.12. The van der Waals surface area contributed by atoms with Crippen molar-refractivity contribution >= 4 is 17.3 Å². The second-order valence-electron chi connectivity index (χ2n) is 2.68. The summed E-state index contributed by atoms with van der Waals surface area (Å²) in [4.78, 5) is 0. The summed E-state index contributed by atoms with van der Waals surface area (Å²) >= 11 is 5.80. The lowest BCUT2D eigenvalue weighted by molar-refractivity contribution is 1.10. The number of hydrogen-bond acceptors (Lipinski definition) is 2. The molecule has 0 aromatic heterocycles. The molecule has 1 aromatic carbocycles. The van der Waals surface area contributed by atoms with Crippen molar-refractivity contribution in [2.75, 3.05) is 11.9 Å². The van der Waals surface area contributed by atoms with E-state index >= 15 is 0 Å². The van der Waals surface area contributed by atoms with Crippen LogP contribution in [0, 0.1) is 23.7 Å². The Balaban J connectivity index is 2.80. The topological polar surface area (TPSA) is 35.8 Å². The number of nitrogens with zero attached hydrogens (tertiary/aromatic N) is 1. The van der Waals surface area contributed by atoms with Crippen molar-refractivity contribution in [1.29, 1.82) is 5.26 Å². The van der Waals surface area contributed by atoms with Gasteiger partial charge in [0.05, 0.1) is 11.3 Å². The van der Waals surface area contributed by atoms with Crippen LogP contribution in [0.25, 0.3) is 0 Å². The van der Waals surface area contributed by atoms with Crippen LogP contribution in [0.2, 0.25) is 5.02 Å². The normalized spacial score (nSPS) is 8.79. The standard InChI is InChI=1S/C11H9ClN2/c1-2-3-6-14-11-7-10(12)5-4-9(11)8-13/h1,4-5,7,14H,3,6H2. The zero-order valence-electron chi connectivity index (χ0n) is 7.55. The summed E-state index contributed by atoms with van der Waals surface area (Å²) in [7, 11) is 0. The molecule has 1 rings (SSSR count). The maximum atomic E-state index is 8.79. The molecule has 0 radical (unpaired) electrons. The van der Waals surface area contributed by atoms with E-state index in [2.05, 4.69) is 17.3 Å². The zero-order valence-corrected chi connectivity index (χ0v) is 8.30. The molecule has 0 aliphatic heterocycles. The fourth-order valence-electron chi connectivity index (χ4n) is 1.03. The predicted octanol–water partition coefficient (Wildman–Crippen LogP) is 2.65. The van der Waals surface area contributed by atoms with Crippen LogP contribution < -0.4 is 5.32 Å². The first-order chi connectivity index (χ1) is 6.77. The maximum absolute atomic E-state index is 8.79. The molecular formula is C11H9ClN2. The summed E-state index contributed by atoms with van der Waals surface area (Å²) in [6.07, 6.45) is 5.73. The number of benzene rings is 1. The lowest BCUT2D eigenvalue weighted by atomic mass is 10.2. The zero-order chi connectivity index (χ0) is 10.4. The van der Waals surface area contributed by atoms with E-state index in [1.54, 1.807) is 18.2 Å². The molecule has 0 fully saturated rings. The molecule has 0 saturated carbocycles. The molecule has 0 aliphatic carbocycles. The minimum absolute atomic E-state index is 0.575. The average molecular weight is 205 g/mol. The highest BCUT2D eigenvalue weighted by atomic mass is 35.5. The third-order valence-electron chi connectivity index (χ3n) is 1.69. The Labute approximate surface area is 88.5 Å². The van der Waals surface area contributed by atoms with Gasteiger partial charge in [-0.25, -0.2) is 0 Å². The quantitative estimate of drug-likeness (QED) is 0.607. The molecule has 0 amide bonds. The summed E-state index contributed by atoms with van der Waals surface area (Å²) < 4.78 is 0. The highest BCUT2D eigenvalue weighted by Crippen LogP contribution is 2.20. The van der Waals surface area contributed by atoms with Gasteiger partial charge in [0.15, 0.2) is 0 Å². The van der Waals surface area contributed by atoms with Crippen LogP contribution in [0.5, 0.6) is 0 Å². The Bertz CT molecular complexity index is 399. The fourth-order valence-corrected chi connectivity index (χ4v) is 1.20. The van der Waals surface area contributed by atoms with E-state index in [1.165, 1.54) is 0 Å². The summed E-state index contributed by atoms with van der Waals surface area (Å²) in [6, 6.07) is 7.16. The first-order valence-electron chi connectivity index (χ1n) is 4.15. The van der Waals surface area contributed by atoms with Crippen molar-refractivity contribution < 1.29 is 0 Å². The molecule has 1 aromatic rings. The number of nitriles is 1. The van der Waals surface area contributed by atoms with Crippen molar-refractivity contribution in [2.24, 2.45) is 0 Å². The highest BCUT2D eigenvalue weighted by Gasteiger charge is 2.01. The number of halogens is 1. The van der Waals surface area contributed by atoms with E-state index in [0.717, 1.165) is 5.69 Å². The van der Waals surface area contributed by atoms with E-state index in [9.17, 15) is 0 Å². The number of anilines is 1. The summed E-state index contributed by atoms with van der Waals surface area (Å²) in [5, 5.41) is 12.5. The summed E-state index contributed by atoms with van der Waals surface area (Å²) in [5.41, 5.74) is 1.31. The van der Waals surface area contributed by atoms with Crippen LogP contribution in [0.1, 0.15) is 12.0 Å². The van der Waals surface area contributed by atoms with Crippen LogP contribution >= 0.6 is 11.6 Å². The third-order valence-corrected chi connectivity index (χ3v) is 1.92. The number of terminal acetylenes is 1. The van der Waals surface area contributed by atoms with Gasteiger partial charge in [-0.3, -0.25) is 0 Å². The lowest BCUT2D eigenvalue weighted by Gasteiger charge is -2.06. The average Bonchev–Trinajstić information content (AvgIpc) is 2.19. The van der Waals surface area contributed by atoms with E-state index < -0.39 is 0 Å². The van der Waals surface area contributed by atoms with Crippen LogP contribution in [0.15, 0.2) is 18.2 Å². The molecule has 1 N–H and O–H groups in total. The van der Waals surface area contributed by atoms with Gasteiger partial charge in [0.1, 0.15) is 6.07 Å². The first-order valence-corrected chi connectivity index (χ1v) is 4.52. The Hall–Kier alpha value is -1.64. The van der Waals surface area contributed by atoms with Gasteiger partial charge in [-0.15, -0.1) is 12.3 Å². The fraction of sp³-hybridized carbons (Fsp3) is 0.182. The molecule has 0 saturated heterocycles. The SMILES string of the molecule is C#CCCNc1cc(Cl)ccc1C#N. The molecule has 0 spiro atoms. The van der Waals surface area contributed by atoms with Crippen molar-refractivity contribution in [3.8, 4) is 18.4 Å².